The summed E-state index contributed by atoms with van der Waals surface area (Å²) in [6, 6.07) is 21.9. The van der Waals surface area contributed by atoms with Crippen molar-refractivity contribution in [1.82, 2.24) is 4.98 Å². The standard InChI is InChI=1S/C28H22N4O7S/c1-17-4-3-5-23(26(17)32(34)35)27(33)29-19-8-6-18(7-9-19)28-30-24-16-20(10-15-25(24)39-28)31-40(36,37)22-13-11-21(38-2)12-14-22/h3-16,31H,1-2H3,(H,29,33). The number of para-hydroxylation sites is 1. The fraction of sp³-hybridized carbons (Fsp3) is 0.0714. The summed E-state index contributed by atoms with van der Waals surface area (Å²) in [6.07, 6.45) is 0. The third-order valence-corrected chi connectivity index (χ3v) is 7.46. The maximum absolute atomic E-state index is 12.8. The zero-order valence-corrected chi connectivity index (χ0v) is 22.1. The average molecular weight is 559 g/mol. The van der Waals surface area contributed by atoms with Crippen LogP contribution in [0.2, 0.25) is 0 Å². The highest BCUT2D eigenvalue weighted by Crippen LogP contribution is 2.29. The van der Waals surface area contributed by atoms with Gasteiger partial charge in [0.2, 0.25) is 5.89 Å². The Kier molecular flexibility index (Phi) is 6.92. The molecule has 0 spiro atoms. The molecule has 0 aliphatic rings. The number of sulfonamides is 1. The number of nitrogens with one attached hydrogen (secondary N) is 2. The van der Waals surface area contributed by atoms with Crippen molar-refractivity contribution in [1.29, 1.82) is 0 Å². The molecule has 12 heteroatoms. The first-order valence-electron chi connectivity index (χ1n) is 11.9. The van der Waals surface area contributed by atoms with E-state index in [1.807, 2.05) is 0 Å². The van der Waals surface area contributed by atoms with Crippen molar-refractivity contribution in [2.24, 2.45) is 0 Å². The maximum atomic E-state index is 12.8. The number of benzene rings is 4. The summed E-state index contributed by atoms with van der Waals surface area (Å²) in [5.41, 5.74) is 2.35. The average Bonchev–Trinajstić information content (AvgIpc) is 3.36. The number of nitro benzene ring substituents is 1. The number of ether oxygens (including phenoxy) is 1. The first-order chi connectivity index (χ1) is 19.1. The fourth-order valence-electron chi connectivity index (χ4n) is 4.06. The van der Waals surface area contributed by atoms with Gasteiger partial charge in [-0.15, -0.1) is 0 Å². The zero-order valence-electron chi connectivity index (χ0n) is 21.2. The number of aromatic nitrogens is 1. The number of rotatable bonds is 8. The van der Waals surface area contributed by atoms with Crippen LogP contribution >= 0.6 is 0 Å². The molecule has 40 heavy (non-hydrogen) atoms. The second-order valence-electron chi connectivity index (χ2n) is 8.74. The maximum Gasteiger partial charge on any atom is 0.285 e. The molecular formula is C28H22N4O7S. The van der Waals surface area contributed by atoms with Crippen LogP contribution < -0.4 is 14.8 Å². The van der Waals surface area contributed by atoms with Crippen molar-refractivity contribution in [2.45, 2.75) is 11.8 Å². The van der Waals surface area contributed by atoms with Gasteiger partial charge in [-0.2, -0.15) is 0 Å². The molecule has 1 aromatic heterocycles. The first kappa shape index (κ1) is 26.4. The van der Waals surface area contributed by atoms with Gasteiger partial charge in [-0.25, -0.2) is 13.4 Å². The Morgan fingerprint density at radius 3 is 2.35 bits per heavy atom. The monoisotopic (exact) mass is 558 g/mol. The van der Waals surface area contributed by atoms with Crippen molar-refractivity contribution in [2.75, 3.05) is 17.1 Å². The van der Waals surface area contributed by atoms with Crippen molar-refractivity contribution >= 4 is 44.1 Å². The quantitative estimate of drug-likeness (QED) is 0.180. The summed E-state index contributed by atoms with van der Waals surface area (Å²) in [4.78, 5) is 28.1. The predicted molar refractivity (Wildman–Crippen MR) is 149 cm³/mol. The topological polar surface area (TPSA) is 154 Å². The predicted octanol–water partition coefficient (Wildman–Crippen LogP) is 5.77. The molecule has 0 radical (unpaired) electrons. The van der Waals surface area contributed by atoms with E-state index >= 15 is 0 Å². The Hall–Kier alpha value is -5.23. The van der Waals surface area contributed by atoms with Crippen molar-refractivity contribution in [3.05, 3.63) is 106 Å². The number of anilines is 2. The van der Waals surface area contributed by atoms with E-state index in [0.29, 0.717) is 39.4 Å². The Morgan fingerprint density at radius 2 is 1.68 bits per heavy atom. The SMILES string of the molecule is COc1ccc(S(=O)(=O)Nc2ccc3oc(-c4ccc(NC(=O)c5cccc(C)c5[N+](=O)[O-])cc4)nc3c2)cc1. The number of methoxy groups -OCH3 is 1. The van der Waals surface area contributed by atoms with Gasteiger partial charge in [-0.05, 0) is 79.7 Å². The van der Waals surface area contributed by atoms with Crippen molar-refractivity contribution in [3.63, 3.8) is 0 Å². The second kappa shape index (κ2) is 10.5. The van der Waals surface area contributed by atoms with Gasteiger partial charge in [0, 0.05) is 16.8 Å². The van der Waals surface area contributed by atoms with E-state index in [4.69, 9.17) is 9.15 Å². The highest BCUT2D eigenvalue weighted by molar-refractivity contribution is 7.92. The van der Waals surface area contributed by atoms with Crippen LogP contribution in [-0.2, 0) is 10.0 Å². The molecule has 0 atom stereocenters. The van der Waals surface area contributed by atoms with E-state index in [1.54, 1.807) is 73.7 Å². The zero-order chi connectivity index (χ0) is 28.4. The van der Waals surface area contributed by atoms with Gasteiger partial charge in [0.1, 0.15) is 16.8 Å². The molecule has 0 aliphatic heterocycles. The molecule has 0 saturated carbocycles. The Bertz CT molecular complexity index is 1850. The van der Waals surface area contributed by atoms with E-state index < -0.39 is 20.9 Å². The molecule has 0 unspecified atom stereocenters. The van der Waals surface area contributed by atoms with E-state index in [1.165, 1.54) is 25.3 Å². The number of hydrogen-bond donors (Lipinski definition) is 2. The smallest absolute Gasteiger partial charge is 0.285 e. The molecule has 0 fully saturated rings. The summed E-state index contributed by atoms with van der Waals surface area (Å²) in [7, 11) is -2.34. The highest BCUT2D eigenvalue weighted by atomic mass is 32.2. The first-order valence-corrected chi connectivity index (χ1v) is 13.4. The molecule has 0 bridgehead atoms. The third kappa shape index (κ3) is 5.33. The molecule has 1 heterocycles. The molecule has 5 aromatic rings. The third-order valence-electron chi connectivity index (χ3n) is 6.06. The molecule has 202 valence electrons. The van der Waals surface area contributed by atoms with Crippen LogP contribution in [0.1, 0.15) is 15.9 Å². The molecule has 0 aliphatic carbocycles. The van der Waals surface area contributed by atoms with Crippen LogP contribution in [0.3, 0.4) is 0 Å². The van der Waals surface area contributed by atoms with Gasteiger partial charge >= 0.3 is 0 Å². The molecular weight excluding hydrogens is 536 g/mol. The Morgan fingerprint density at radius 1 is 0.975 bits per heavy atom. The van der Waals surface area contributed by atoms with Crippen LogP contribution in [0.25, 0.3) is 22.6 Å². The largest absolute Gasteiger partial charge is 0.497 e. The highest BCUT2D eigenvalue weighted by Gasteiger charge is 2.22. The summed E-state index contributed by atoms with van der Waals surface area (Å²) < 4.78 is 39.0. The minimum atomic E-state index is -3.83. The number of nitrogens with zero attached hydrogens (tertiary/aromatic N) is 2. The van der Waals surface area contributed by atoms with Crippen LogP contribution in [0.15, 0.2) is 94.2 Å². The number of carbonyl (C=O) groups is 1. The fourth-order valence-corrected chi connectivity index (χ4v) is 5.11. The normalized spacial score (nSPS) is 11.2. The van der Waals surface area contributed by atoms with Gasteiger partial charge in [0.15, 0.2) is 5.58 Å². The number of nitro groups is 1. The summed E-state index contributed by atoms with van der Waals surface area (Å²) >= 11 is 0. The van der Waals surface area contributed by atoms with E-state index in [2.05, 4.69) is 15.0 Å². The van der Waals surface area contributed by atoms with Gasteiger partial charge in [0.05, 0.1) is 22.6 Å². The lowest BCUT2D eigenvalue weighted by atomic mass is 10.1. The van der Waals surface area contributed by atoms with E-state index in [0.717, 1.165) is 0 Å². The molecule has 1 amide bonds. The Labute approximate surface area is 228 Å². The lowest BCUT2D eigenvalue weighted by Crippen LogP contribution is -2.14. The number of amides is 1. The van der Waals surface area contributed by atoms with Crippen LogP contribution in [0.5, 0.6) is 5.75 Å². The van der Waals surface area contributed by atoms with E-state index in [-0.39, 0.29) is 22.0 Å². The van der Waals surface area contributed by atoms with Crippen LogP contribution in [-0.4, -0.2) is 31.3 Å². The lowest BCUT2D eigenvalue weighted by molar-refractivity contribution is -0.385. The van der Waals surface area contributed by atoms with Gasteiger partial charge in [0.25, 0.3) is 21.6 Å². The number of aryl methyl sites for hydroxylation is 1. The number of carbonyl (C=O) groups excluding carboxylic acids is 1. The molecule has 5 rings (SSSR count). The summed E-state index contributed by atoms with van der Waals surface area (Å²) in [6.45, 7) is 1.57. The van der Waals surface area contributed by atoms with Gasteiger partial charge in [-0.3, -0.25) is 19.6 Å². The lowest BCUT2D eigenvalue weighted by Gasteiger charge is -2.08. The van der Waals surface area contributed by atoms with Gasteiger partial charge in [-0.1, -0.05) is 12.1 Å². The molecule has 2 N–H and O–H groups in total. The number of oxazole rings is 1. The van der Waals surface area contributed by atoms with Gasteiger partial charge < -0.3 is 14.5 Å². The van der Waals surface area contributed by atoms with E-state index in [9.17, 15) is 23.3 Å². The number of hydrogen-bond acceptors (Lipinski definition) is 8. The number of fused-ring (bicyclic) bond motifs is 1. The second-order valence-corrected chi connectivity index (χ2v) is 10.4. The minimum absolute atomic E-state index is 0.0357. The molecule has 0 saturated heterocycles. The van der Waals surface area contributed by atoms with Crippen LogP contribution in [0, 0.1) is 17.0 Å². The minimum Gasteiger partial charge on any atom is -0.497 e. The van der Waals surface area contributed by atoms with Crippen molar-refractivity contribution < 1.29 is 27.3 Å². The summed E-state index contributed by atoms with van der Waals surface area (Å²) in [5, 5.41) is 14.1. The Balaban J connectivity index is 1.33. The molecule has 4 aromatic carbocycles. The van der Waals surface area contributed by atoms with Crippen molar-refractivity contribution in [3.8, 4) is 17.2 Å². The van der Waals surface area contributed by atoms with Crippen LogP contribution in [0.4, 0.5) is 17.1 Å². The summed E-state index contributed by atoms with van der Waals surface area (Å²) in [5.74, 6) is 0.230. The molecule has 11 nitrogen and oxygen atoms in total.